The highest BCUT2D eigenvalue weighted by Gasteiger charge is 2.21. The predicted octanol–water partition coefficient (Wildman–Crippen LogP) is 1.17. The zero-order valence-corrected chi connectivity index (χ0v) is 9.26. The van der Waals surface area contributed by atoms with E-state index >= 15 is 0 Å². The smallest absolute Gasteiger partial charge is 0.317 e. The van der Waals surface area contributed by atoms with Gasteiger partial charge < -0.3 is 4.90 Å². The zero-order valence-electron chi connectivity index (χ0n) is 9.26. The molecule has 0 N–H and O–H groups in total. The molecule has 0 aliphatic carbocycles. The second kappa shape index (κ2) is 4.12. The minimum Gasteiger partial charge on any atom is -0.383 e. The first kappa shape index (κ1) is 11.2. The standard InChI is InChI=1S/C9H14N4O2/c1-7-9(13(14)15)8(12(4)10-7)5-6-11(2)3/h5-6H,1-4H3. The lowest BCUT2D eigenvalue weighted by atomic mass is 10.3. The molecule has 6 heteroatoms. The first-order valence-electron chi connectivity index (χ1n) is 4.46. The topological polar surface area (TPSA) is 64.2 Å². The summed E-state index contributed by atoms with van der Waals surface area (Å²) in [7, 11) is 5.40. The van der Waals surface area contributed by atoms with Crippen molar-refractivity contribution in [3.8, 4) is 0 Å². The highest BCUT2D eigenvalue weighted by Crippen LogP contribution is 2.23. The molecule has 0 aliphatic heterocycles. The van der Waals surface area contributed by atoms with E-state index in [2.05, 4.69) is 5.10 Å². The summed E-state index contributed by atoms with van der Waals surface area (Å²) in [5.41, 5.74) is 1.00. The van der Waals surface area contributed by atoms with Gasteiger partial charge in [-0.05, 0) is 13.0 Å². The van der Waals surface area contributed by atoms with Crippen LogP contribution >= 0.6 is 0 Å². The Bertz CT molecular complexity index is 406. The van der Waals surface area contributed by atoms with Crippen LogP contribution in [0.25, 0.3) is 6.08 Å². The molecule has 0 aliphatic rings. The van der Waals surface area contributed by atoms with Crippen molar-refractivity contribution in [2.75, 3.05) is 14.1 Å². The molecule has 6 nitrogen and oxygen atoms in total. The molecule has 1 heterocycles. The Kier molecular flexibility index (Phi) is 3.08. The Hall–Kier alpha value is -1.85. The second-order valence-electron chi connectivity index (χ2n) is 3.48. The molecule has 0 bridgehead atoms. The molecule has 0 spiro atoms. The Labute approximate surface area is 88.0 Å². The lowest BCUT2D eigenvalue weighted by molar-refractivity contribution is -0.385. The first-order chi connectivity index (χ1) is 6.93. The molecule has 82 valence electrons. The van der Waals surface area contributed by atoms with Crippen LogP contribution in [0, 0.1) is 17.0 Å². The maximum absolute atomic E-state index is 10.8. The van der Waals surface area contributed by atoms with E-state index in [0.717, 1.165) is 0 Å². The van der Waals surface area contributed by atoms with Gasteiger partial charge in [-0.3, -0.25) is 14.8 Å². The molecule has 0 fully saturated rings. The van der Waals surface area contributed by atoms with Gasteiger partial charge in [-0.15, -0.1) is 0 Å². The van der Waals surface area contributed by atoms with Gasteiger partial charge in [0.05, 0.1) is 4.92 Å². The molecule has 0 saturated heterocycles. The van der Waals surface area contributed by atoms with Crippen LogP contribution in [0.5, 0.6) is 0 Å². The number of nitrogens with zero attached hydrogens (tertiary/aromatic N) is 4. The van der Waals surface area contributed by atoms with E-state index < -0.39 is 4.92 Å². The molecule has 1 aromatic rings. The molecule has 0 atom stereocenters. The van der Waals surface area contributed by atoms with Crippen molar-refractivity contribution in [2.45, 2.75) is 6.92 Å². The Morgan fingerprint density at radius 3 is 2.60 bits per heavy atom. The van der Waals surface area contributed by atoms with Crippen molar-refractivity contribution in [2.24, 2.45) is 7.05 Å². The fourth-order valence-corrected chi connectivity index (χ4v) is 1.30. The van der Waals surface area contributed by atoms with E-state index in [1.807, 2.05) is 19.0 Å². The summed E-state index contributed by atoms with van der Waals surface area (Å²) in [6.07, 6.45) is 3.43. The minimum atomic E-state index is -0.405. The fourth-order valence-electron chi connectivity index (χ4n) is 1.30. The van der Waals surface area contributed by atoms with Crippen LogP contribution in [0.1, 0.15) is 11.4 Å². The van der Waals surface area contributed by atoms with Crippen LogP contribution < -0.4 is 0 Å². The highest BCUT2D eigenvalue weighted by atomic mass is 16.6. The molecular formula is C9H14N4O2. The van der Waals surface area contributed by atoms with E-state index in [9.17, 15) is 10.1 Å². The van der Waals surface area contributed by atoms with Crippen molar-refractivity contribution < 1.29 is 4.92 Å². The van der Waals surface area contributed by atoms with Gasteiger partial charge in [0.25, 0.3) is 0 Å². The third-order valence-electron chi connectivity index (χ3n) is 1.95. The van der Waals surface area contributed by atoms with Crippen molar-refractivity contribution in [1.82, 2.24) is 14.7 Å². The van der Waals surface area contributed by atoms with Gasteiger partial charge >= 0.3 is 5.69 Å². The third kappa shape index (κ3) is 2.34. The Balaban J connectivity index is 3.21. The summed E-state index contributed by atoms with van der Waals surface area (Å²) in [5.74, 6) is 0. The largest absolute Gasteiger partial charge is 0.383 e. The lowest BCUT2D eigenvalue weighted by Crippen LogP contribution is -2.01. The molecule has 15 heavy (non-hydrogen) atoms. The number of nitro groups is 1. The van der Waals surface area contributed by atoms with Crippen LogP contribution in [0.15, 0.2) is 6.20 Å². The second-order valence-corrected chi connectivity index (χ2v) is 3.48. The Morgan fingerprint density at radius 1 is 1.53 bits per heavy atom. The molecule has 0 aromatic carbocycles. The number of hydrogen-bond donors (Lipinski definition) is 0. The molecular weight excluding hydrogens is 196 g/mol. The van der Waals surface area contributed by atoms with Crippen LogP contribution in [-0.2, 0) is 7.05 Å². The number of aryl methyl sites for hydroxylation is 2. The van der Waals surface area contributed by atoms with Gasteiger partial charge in [-0.2, -0.15) is 5.10 Å². The van der Waals surface area contributed by atoms with Crippen molar-refractivity contribution >= 4 is 11.8 Å². The molecule has 1 rings (SSSR count). The quantitative estimate of drug-likeness (QED) is 0.555. The van der Waals surface area contributed by atoms with Gasteiger partial charge in [0.1, 0.15) is 11.4 Å². The third-order valence-corrected chi connectivity index (χ3v) is 1.95. The molecule has 0 unspecified atom stereocenters. The van der Waals surface area contributed by atoms with E-state index in [-0.39, 0.29) is 5.69 Å². The first-order valence-corrected chi connectivity index (χ1v) is 4.46. The monoisotopic (exact) mass is 210 g/mol. The SMILES string of the molecule is Cc1nn(C)c(C=CN(C)C)c1[N+](=O)[O-]. The maximum atomic E-state index is 10.8. The van der Waals surface area contributed by atoms with Gasteiger partial charge in [0, 0.05) is 27.3 Å². The van der Waals surface area contributed by atoms with Gasteiger partial charge in [0.15, 0.2) is 0 Å². The normalized spacial score (nSPS) is 10.9. The Morgan fingerprint density at radius 2 is 2.13 bits per heavy atom. The summed E-state index contributed by atoms with van der Waals surface area (Å²) < 4.78 is 1.51. The highest BCUT2D eigenvalue weighted by molar-refractivity contribution is 5.59. The van der Waals surface area contributed by atoms with Crippen LogP contribution in [0.3, 0.4) is 0 Å². The van der Waals surface area contributed by atoms with Crippen molar-refractivity contribution in [3.05, 3.63) is 27.7 Å². The van der Waals surface area contributed by atoms with E-state index in [4.69, 9.17) is 0 Å². The van der Waals surface area contributed by atoms with E-state index in [1.54, 1.807) is 26.2 Å². The van der Waals surface area contributed by atoms with Crippen LogP contribution in [-0.4, -0.2) is 33.7 Å². The predicted molar refractivity (Wildman–Crippen MR) is 57.3 cm³/mol. The van der Waals surface area contributed by atoms with Gasteiger partial charge in [0.2, 0.25) is 0 Å². The van der Waals surface area contributed by atoms with E-state index in [0.29, 0.717) is 11.4 Å². The maximum Gasteiger partial charge on any atom is 0.317 e. The van der Waals surface area contributed by atoms with Gasteiger partial charge in [-0.1, -0.05) is 0 Å². The number of hydrogen-bond acceptors (Lipinski definition) is 4. The number of rotatable bonds is 3. The average Bonchev–Trinajstić information content (AvgIpc) is 2.37. The zero-order chi connectivity index (χ0) is 11.6. The van der Waals surface area contributed by atoms with Crippen molar-refractivity contribution in [1.29, 1.82) is 0 Å². The summed E-state index contributed by atoms with van der Waals surface area (Å²) >= 11 is 0. The summed E-state index contributed by atoms with van der Waals surface area (Å²) in [5, 5.41) is 14.8. The molecule has 0 saturated carbocycles. The van der Waals surface area contributed by atoms with E-state index in [1.165, 1.54) is 4.68 Å². The van der Waals surface area contributed by atoms with Crippen molar-refractivity contribution in [3.63, 3.8) is 0 Å². The lowest BCUT2D eigenvalue weighted by Gasteiger charge is -2.02. The fraction of sp³-hybridized carbons (Fsp3) is 0.444. The van der Waals surface area contributed by atoms with Crippen LogP contribution in [0.2, 0.25) is 0 Å². The van der Waals surface area contributed by atoms with Gasteiger partial charge in [-0.25, -0.2) is 0 Å². The molecule has 1 aromatic heterocycles. The average molecular weight is 210 g/mol. The molecule has 0 amide bonds. The molecule has 0 radical (unpaired) electrons. The summed E-state index contributed by atoms with van der Waals surface area (Å²) in [6, 6.07) is 0. The summed E-state index contributed by atoms with van der Waals surface area (Å²) in [4.78, 5) is 12.2. The summed E-state index contributed by atoms with van der Waals surface area (Å²) in [6.45, 7) is 1.63. The van der Waals surface area contributed by atoms with Crippen LogP contribution in [0.4, 0.5) is 5.69 Å². The minimum absolute atomic E-state index is 0.0654. The number of aromatic nitrogens is 2.